The Balaban J connectivity index is 1.20. The van der Waals surface area contributed by atoms with Gasteiger partial charge in [0.2, 0.25) is 5.91 Å². The highest BCUT2D eigenvalue weighted by Gasteiger charge is 2.13. The maximum absolute atomic E-state index is 12.3. The van der Waals surface area contributed by atoms with Crippen LogP contribution in [0.4, 0.5) is 5.69 Å². The molecule has 0 unspecified atom stereocenters. The van der Waals surface area contributed by atoms with Gasteiger partial charge in [-0.05, 0) is 94.5 Å². The van der Waals surface area contributed by atoms with Gasteiger partial charge in [-0.1, -0.05) is 30.7 Å². The molecule has 2 aromatic heterocycles. The monoisotopic (exact) mass is 512 g/mol. The number of amides is 1. The molecule has 0 saturated carbocycles. The Morgan fingerprint density at radius 2 is 1.89 bits per heavy atom. The van der Waals surface area contributed by atoms with Gasteiger partial charge in [0.05, 0.1) is 11.2 Å². The Labute approximate surface area is 226 Å². The molecule has 5 rings (SSSR count). The second-order valence-electron chi connectivity index (χ2n) is 10.5. The molecule has 0 aliphatic carbocycles. The van der Waals surface area contributed by atoms with Crippen molar-refractivity contribution in [3.8, 4) is 11.3 Å². The van der Waals surface area contributed by atoms with Gasteiger partial charge in [0.25, 0.3) is 0 Å². The number of fused-ring (bicyclic) bond motifs is 1. The fraction of sp³-hybridized carbons (Fsp3) is 0.452. The lowest BCUT2D eigenvalue weighted by atomic mass is 9.98. The lowest BCUT2D eigenvalue weighted by Crippen LogP contribution is -2.35. The number of carbonyl (C=O) groups excluding carboxylic acids is 1. The number of benzene rings is 1. The van der Waals surface area contributed by atoms with E-state index in [0.29, 0.717) is 5.92 Å². The lowest BCUT2D eigenvalue weighted by molar-refractivity contribution is -0.116. The first-order valence-electron chi connectivity index (χ1n) is 14.2. The third kappa shape index (κ3) is 7.39. The van der Waals surface area contributed by atoms with E-state index in [2.05, 4.69) is 44.0 Å². The van der Waals surface area contributed by atoms with Gasteiger partial charge in [0.15, 0.2) is 0 Å². The maximum Gasteiger partial charge on any atom is 0.244 e. The highest BCUT2D eigenvalue weighted by molar-refractivity contribution is 5.93. The van der Waals surface area contributed by atoms with Crippen molar-refractivity contribution in [1.29, 1.82) is 0 Å². The number of hydrogen-bond donors (Lipinski definition) is 3. The number of hydrogen-bond acceptors (Lipinski definition) is 6. The van der Waals surface area contributed by atoms with E-state index in [9.17, 15) is 4.79 Å². The van der Waals surface area contributed by atoms with Gasteiger partial charge < -0.3 is 20.9 Å². The van der Waals surface area contributed by atoms with Gasteiger partial charge in [0.1, 0.15) is 0 Å². The third-order valence-corrected chi connectivity index (χ3v) is 7.68. The summed E-state index contributed by atoms with van der Waals surface area (Å²) in [5.74, 6) is 0.542. The number of anilines is 1. The summed E-state index contributed by atoms with van der Waals surface area (Å²) in [5.41, 5.74) is 4.98. The SMILES string of the molecule is O=C(/C=C/c1ccc(-c2cc(NCCCN3CCCCC3)c3cnccc3n2)cc1)NCC1CCNCC1. The Bertz CT molecular complexity index is 1210. The van der Waals surface area contributed by atoms with E-state index < -0.39 is 0 Å². The minimum absolute atomic E-state index is 0.0339. The lowest BCUT2D eigenvalue weighted by Gasteiger charge is -2.26. The molecule has 0 atom stereocenters. The zero-order valence-electron chi connectivity index (χ0n) is 22.3. The van der Waals surface area contributed by atoms with Crippen molar-refractivity contribution < 1.29 is 4.79 Å². The molecule has 200 valence electrons. The van der Waals surface area contributed by atoms with Crippen LogP contribution in [0.25, 0.3) is 28.2 Å². The molecule has 3 N–H and O–H groups in total. The van der Waals surface area contributed by atoms with Crippen molar-refractivity contribution in [1.82, 2.24) is 25.5 Å². The average molecular weight is 513 g/mol. The number of piperidine rings is 2. The first-order valence-corrected chi connectivity index (χ1v) is 14.2. The van der Waals surface area contributed by atoms with Crippen molar-refractivity contribution in [2.45, 2.75) is 38.5 Å². The van der Waals surface area contributed by atoms with Crippen LogP contribution in [-0.2, 0) is 4.79 Å². The molecule has 2 aliphatic rings. The highest BCUT2D eigenvalue weighted by Crippen LogP contribution is 2.28. The largest absolute Gasteiger partial charge is 0.384 e. The topological polar surface area (TPSA) is 82.2 Å². The Morgan fingerprint density at radius 1 is 1.08 bits per heavy atom. The Hall–Kier alpha value is -3.29. The molecule has 3 aromatic rings. The highest BCUT2D eigenvalue weighted by atomic mass is 16.1. The van der Waals surface area contributed by atoms with Gasteiger partial charge in [-0.3, -0.25) is 9.78 Å². The number of likely N-dealkylation sites (tertiary alicyclic amines) is 1. The number of pyridine rings is 2. The van der Waals surface area contributed by atoms with Crippen LogP contribution in [0.15, 0.2) is 54.9 Å². The van der Waals surface area contributed by atoms with Crippen LogP contribution < -0.4 is 16.0 Å². The normalized spacial score (nSPS) is 17.2. The second-order valence-corrected chi connectivity index (χ2v) is 10.5. The fourth-order valence-corrected chi connectivity index (χ4v) is 5.40. The predicted octanol–water partition coefficient (Wildman–Crippen LogP) is 4.71. The molecule has 7 heteroatoms. The zero-order valence-corrected chi connectivity index (χ0v) is 22.3. The summed E-state index contributed by atoms with van der Waals surface area (Å²) >= 11 is 0. The smallest absolute Gasteiger partial charge is 0.244 e. The van der Waals surface area contributed by atoms with E-state index in [1.807, 2.05) is 30.5 Å². The molecule has 1 amide bonds. The summed E-state index contributed by atoms with van der Waals surface area (Å²) in [5, 5.41) is 11.1. The standard InChI is InChI=1S/C31H40N6O/c38-31(35-22-25-11-15-32-16-12-25)10-7-24-5-8-26(9-6-24)29-21-30(27-23-33-17-13-28(27)36-29)34-14-4-20-37-18-2-1-3-19-37/h5-10,13,17,21,23,25,32H,1-4,11-12,14-16,18-20,22H2,(H,34,36)(H,35,38)/b10-7+. The van der Waals surface area contributed by atoms with Crippen molar-refractivity contribution in [3.63, 3.8) is 0 Å². The van der Waals surface area contributed by atoms with Gasteiger partial charge in [0, 0.05) is 48.2 Å². The summed E-state index contributed by atoms with van der Waals surface area (Å²) in [6, 6.07) is 12.3. The molecule has 38 heavy (non-hydrogen) atoms. The third-order valence-electron chi connectivity index (χ3n) is 7.68. The Kier molecular flexibility index (Phi) is 9.34. The summed E-state index contributed by atoms with van der Waals surface area (Å²) in [4.78, 5) is 24.1. The number of aromatic nitrogens is 2. The molecule has 4 heterocycles. The van der Waals surface area contributed by atoms with E-state index in [1.54, 1.807) is 12.3 Å². The molecular weight excluding hydrogens is 472 g/mol. The average Bonchev–Trinajstić information content (AvgIpc) is 2.98. The van der Waals surface area contributed by atoms with Crippen LogP contribution in [0.1, 0.15) is 44.1 Å². The van der Waals surface area contributed by atoms with Gasteiger partial charge in [-0.15, -0.1) is 0 Å². The van der Waals surface area contributed by atoms with Crippen molar-refractivity contribution in [3.05, 3.63) is 60.4 Å². The predicted molar refractivity (Wildman–Crippen MR) is 156 cm³/mol. The van der Waals surface area contributed by atoms with E-state index >= 15 is 0 Å². The molecule has 7 nitrogen and oxygen atoms in total. The van der Waals surface area contributed by atoms with Gasteiger partial charge in [-0.2, -0.15) is 0 Å². The summed E-state index contributed by atoms with van der Waals surface area (Å²) in [6.07, 6.45) is 14.6. The molecule has 2 aliphatic heterocycles. The quantitative estimate of drug-likeness (QED) is 0.270. The van der Waals surface area contributed by atoms with E-state index in [1.165, 1.54) is 32.4 Å². The minimum atomic E-state index is -0.0339. The first-order chi connectivity index (χ1) is 18.7. The maximum atomic E-state index is 12.3. The van der Waals surface area contributed by atoms with Crippen molar-refractivity contribution in [2.75, 3.05) is 51.1 Å². The van der Waals surface area contributed by atoms with Crippen molar-refractivity contribution in [2.24, 2.45) is 5.92 Å². The number of carbonyl (C=O) groups is 1. The zero-order chi connectivity index (χ0) is 26.0. The van der Waals surface area contributed by atoms with Crippen LogP contribution in [0.5, 0.6) is 0 Å². The van der Waals surface area contributed by atoms with Crippen LogP contribution >= 0.6 is 0 Å². The van der Waals surface area contributed by atoms with Crippen LogP contribution in [0.2, 0.25) is 0 Å². The molecule has 0 bridgehead atoms. The summed E-state index contributed by atoms with van der Waals surface area (Å²) < 4.78 is 0. The molecule has 2 saturated heterocycles. The minimum Gasteiger partial charge on any atom is -0.384 e. The number of nitrogens with one attached hydrogen (secondary N) is 3. The molecule has 0 radical (unpaired) electrons. The molecular formula is C31H40N6O. The fourth-order valence-electron chi connectivity index (χ4n) is 5.40. The van der Waals surface area contributed by atoms with E-state index in [0.717, 1.165) is 85.4 Å². The Morgan fingerprint density at radius 3 is 2.71 bits per heavy atom. The van der Waals surface area contributed by atoms with E-state index in [-0.39, 0.29) is 5.91 Å². The van der Waals surface area contributed by atoms with Gasteiger partial charge in [-0.25, -0.2) is 4.98 Å². The van der Waals surface area contributed by atoms with Gasteiger partial charge >= 0.3 is 0 Å². The number of nitrogens with zero attached hydrogens (tertiary/aromatic N) is 3. The summed E-state index contributed by atoms with van der Waals surface area (Å²) in [7, 11) is 0. The summed E-state index contributed by atoms with van der Waals surface area (Å²) in [6.45, 7) is 7.38. The van der Waals surface area contributed by atoms with Crippen molar-refractivity contribution >= 4 is 28.6 Å². The van der Waals surface area contributed by atoms with Crippen LogP contribution in [0, 0.1) is 5.92 Å². The molecule has 0 spiro atoms. The van der Waals surface area contributed by atoms with Crippen LogP contribution in [-0.4, -0.2) is 66.6 Å². The van der Waals surface area contributed by atoms with E-state index in [4.69, 9.17) is 4.98 Å². The second kappa shape index (κ2) is 13.5. The molecule has 1 aromatic carbocycles. The number of rotatable bonds is 10. The first kappa shape index (κ1) is 26.3. The van der Waals surface area contributed by atoms with Crippen LogP contribution in [0.3, 0.4) is 0 Å². The molecule has 2 fully saturated rings.